The maximum atomic E-state index is 14.0. The number of nitrogens with two attached hydrogens (primary N) is 2. The molecule has 3 rings (SSSR count). The molecule has 0 saturated carbocycles. The predicted molar refractivity (Wildman–Crippen MR) is 144 cm³/mol. The summed E-state index contributed by atoms with van der Waals surface area (Å²) in [4.78, 5) is 36.8. The molecule has 5 N–H and O–H groups in total. The number of aryl methyl sites for hydroxylation is 1. The van der Waals surface area contributed by atoms with Crippen molar-refractivity contribution in [1.29, 1.82) is 0 Å². The predicted octanol–water partition coefficient (Wildman–Crippen LogP) is 3.57. The van der Waals surface area contributed by atoms with Crippen LogP contribution < -0.4 is 31.1 Å². The molecule has 0 unspecified atom stereocenters. The minimum atomic E-state index is -0.683. The SMILES string of the molecule is COc1c(OCC(N)=O)cc2oc3cc(OCC(N)=O)c(CCC(C)C)c(O)c3c(=O)c2c1CCC(C)C. The second kappa shape index (κ2) is 12.1. The van der Waals surface area contributed by atoms with Crippen LogP contribution in [-0.4, -0.2) is 37.2 Å². The summed E-state index contributed by atoms with van der Waals surface area (Å²) < 4.78 is 22.9. The van der Waals surface area contributed by atoms with Crippen molar-refractivity contribution in [3.63, 3.8) is 0 Å². The van der Waals surface area contributed by atoms with Gasteiger partial charge in [0.25, 0.3) is 11.8 Å². The van der Waals surface area contributed by atoms with E-state index in [-0.39, 0.29) is 39.2 Å². The van der Waals surface area contributed by atoms with E-state index in [1.807, 2.05) is 13.8 Å². The number of methoxy groups -OCH3 is 1. The van der Waals surface area contributed by atoms with Crippen LogP contribution in [0.3, 0.4) is 0 Å². The maximum absolute atomic E-state index is 14.0. The van der Waals surface area contributed by atoms with Crippen LogP contribution in [0.1, 0.15) is 51.7 Å². The van der Waals surface area contributed by atoms with Gasteiger partial charge >= 0.3 is 0 Å². The van der Waals surface area contributed by atoms with Gasteiger partial charge in [0.15, 0.2) is 24.7 Å². The minimum absolute atomic E-state index is 0.00124. The van der Waals surface area contributed by atoms with Crippen LogP contribution in [0.4, 0.5) is 0 Å². The third-order valence-corrected chi connectivity index (χ3v) is 6.20. The van der Waals surface area contributed by atoms with Crippen LogP contribution in [0.15, 0.2) is 21.3 Å². The van der Waals surface area contributed by atoms with E-state index in [1.165, 1.54) is 19.2 Å². The van der Waals surface area contributed by atoms with Crippen molar-refractivity contribution in [2.24, 2.45) is 23.3 Å². The minimum Gasteiger partial charge on any atom is -0.507 e. The largest absolute Gasteiger partial charge is 0.507 e. The average molecular weight is 529 g/mol. The normalized spacial score (nSPS) is 11.4. The van der Waals surface area contributed by atoms with Crippen molar-refractivity contribution in [2.75, 3.05) is 20.3 Å². The Hall–Kier alpha value is -3.95. The molecule has 10 nitrogen and oxygen atoms in total. The van der Waals surface area contributed by atoms with Gasteiger partial charge in [-0.15, -0.1) is 0 Å². The number of fused-ring (bicyclic) bond motifs is 2. The highest BCUT2D eigenvalue weighted by molar-refractivity contribution is 5.98. The number of rotatable bonds is 13. The molecule has 1 aromatic heterocycles. The molecule has 0 spiro atoms. The highest BCUT2D eigenvalue weighted by atomic mass is 16.5. The number of carbonyl (C=O) groups is 2. The second-order valence-corrected chi connectivity index (χ2v) is 10.1. The first-order valence-electron chi connectivity index (χ1n) is 12.6. The van der Waals surface area contributed by atoms with Gasteiger partial charge in [0, 0.05) is 23.3 Å². The topological polar surface area (TPSA) is 164 Å². The number of phenols is 1. The molecule has 206 valence electrons. The Labute approximate surface area is 220 Å². The molecule has 2 aromatic carbocycles. The van der Waals surface area contributed by atoms with Crippen LogP contribution in [0.25, 0.3) is 21.9 Å². The summed E-state index contributed by atoms with van der Waals surface area (Å²) in [6.45, 7) is 7.39. The number of hydrogen-bond donors (Lipinski definition) is 3. The van der Waals surface area contributed by atoms with Crippen LogP contribution in [-0.2, 0) is 22.4 Å². The smallest absolute Gasteiger partial charge is 0.255 e. The zero-order valence-electron chi connectivity index (χ0n) is 22.5. The molecule has 38 heavy (non-hydrogen) atoms. The summed E-state index contributed by atoms with van der Waals surface area (Å²) in [6, 6.07) is 2.95. The summed E-state index contributed by atoms with van der Waals surface area (Å²) in [7, 11) is 1.45. The quantitative estimate of drug-likeness (QED) is 0.283. The van der Waals surface area contributed by atoms with E-state index in [4.69, 9.17) is 30.1 Å². The number of phenolic OH excluding ortho intramolecular Hbond substituents is 1. The first kappa shape index (κ1) is 28.6. The monoisotopic (exact) mass is 528 g/mol. The van der Waals surface area contributed by atoms with E-state index in [1.54, 1.807) is 0 Å². The lowest BCUT2D eigenvalue weighted by molar-refractivity contribution is -0.120. The number of primary amides is 2. The molecular formula is C28H36N2O8. The molecule has 0 radical (unpaired) electrons. The third-order valence-electron chi connectivity index (χ3n) is 6.20. The molecule has 0 atom stereocenters. The van der Waals surface area contributed by atoms with Gasteiger partial charge in [-0.05, 0) is 37.5 Å². The fourth-order valence-corrected chi connectivity index (χ4v) is 4.31. The van der Waals surface area contributed by atoms with Crippen LogP contribution in [0.2, 0.25) is 0 Å². The highest BCUT2D eigenvalue weighted by Gasteiger charge is 2.25. The molecule has 0 fully saturated rings. The molecule has 0 saturated heterocycles. The van der Waals surface area contributed by atoms with E-state index in [2.05, 4.69) is 13.8 Å². The van der Waals surface area contributed by atoms with Gasteiger partial charge < -0.3 is 35.2 Å². The molecule has 0 aliphatic carbocycles. The van der Waals surface area contributed by atoms with Crippen LogP contribution >= 0.6 is 0 Å². The van der Waals surface area contributed by atoms with E-state index < -0.39 is 30.5 Å². The van der Waals surface area contributed by atoms with Crippen molar-refractivity contribution >= 4 is 33.8 Å². The summed E-state index contributed by atoms with van der Waals surface area (Å²) in [5, 5.41) is 11.6. The highest BCUT2D eigenvalue weighted by Crippen LogP contribution is 2.42. The molecule has 0 aliphatic heterocycles. The van der Waals surface area contributed by atoms with Gasteiger partial charge in [-0.2, -0.15) is 0 Å². The third kappa shape index (κ3) is 6.30. The first-order chi connectivity index (χ1) is 17.9. The standard InChI is InChI=1S/C28H36N2O8/c1-14(2)6-8-16-18(36-12-22(29)31)10-20-25(26(16)33)27(34)24-17(9-7-15(3)4)28(35-5)21(11-19(24)38-20)37-13-23(30)32/h10-11,14-15,33H,6-9,12-13H2,1-5H3,(H2,29,31)(H2,30,32). The molecule has 10 heteroatoms. The van der Waals surface area contributed by atoms with Crippen molar-refractivity contribution in [3.8, 4) is 23.0 Å². The number of aromatic hydroxyl groups is 1. The lowest BCUT2D eigenvalue weighted by Gasteiger charge is -2.18. The van der Waals surface area contributed by atoms with Crippen molar-refractivity contribution in [1.82, 2.24) is 0 Å². The Morgan fingerprint density at radius 3 is 1.89 bits per heavy atom. The van der Waals surface area contributed by atoms with Crippen LogP contribution in [0, 0.1) is 11.8 Å². The summed E-state index contributed by atoms with van der Waals surface area (Å²) in [5.41, 5.74) is 11.3. The van der Waals surface area contributed by atoms with Crippen molar-refractivity contribution in [3.05, 3.63) is 33.5 Å². The van der Waals surface area contributed by atoms with E-state index >= 15 is 0 Å². The molecule has 2 amide bonds. The zero-order valence-corrected chi connectivity index (χ0v) is 22.5. The van der Waals surface area contributed by atoms with Crippen LogP contribution in [0.5, 0.6) is 23.0 Å². The van der Waals surface area contributed by atoms with E-state index in [9.17, 15) is 19.5 Å². The van der Waals surface area contributed by atoms with Gasteiger partial charge in [-0.1, -0.05) is 27.7 Å². The molecule has 1 heterocycles. The summed E-state index contributed by atoms with van der Waals surface area (Å²) >= 11 is 0. The second-order valence-electron chi connectivity index (χ2n) is 10.1. The molecule has 0 aliphatic rings. The Bertz CT molecular complexity index is 1410. The average Bonchev–Trinajstić information content (AvgIpc) is 2.83. The lowest BCUT2D eigenvalue weighted by Crippen LogP contribution is -2.21. The van der Waals surface area contributed by atoms with Crippen molar-refractivity contribution < 1.29 is 33.3 Å². The number of hydrogen-bond acceptors (Lipinski definition) is 8. The van der Waals surface area contributed by atoms with Gasteiger partial charge in [0.05, 0.1) is 12.5 Å². The van der Waals surface area contributed by atoms with Gasteiger partial charge in [-0.25, -0.2) is 0 Å². The summed E-state index contributed by atoms with van der Waals surface area (Å²) in [5.74, 6) is -0.290. The van der Waals surface area contributed by atoms with Gasteiger partial charge in [0.2, 0.25) is 5.43 Å². The number of carbonyl (C=O) groups excluding carboxylic acids is 2. The maximum Gasteiger partial charge on any atom is 0.255 e. The number of benzene rings is 2. The fourth-order valence-electron chi connectivity index (χ4n) is 4.31. The van der Waals surface area contributed by atoms with E-state index in [0.29, 0.717) is 48.0 Å². The molecule has 0 bridgehead atoms. The Balaban J connectivity index is 2.38. The number of ether oxygens (including phenoxy) is 3. The lowest BCUT2D eigenvalue weighted by atomic mass is 9.95. The Morgan fingerprint density at radius 1 is 0.868 bits per heavy atom. The van der Waals surface area contributed by atoms with E-state index in [0.717, 1.165) is 6.42 Å². The van der Waals surface area contributed by atoms with Gasteiger partial charge in [-0.3, -0.25) is 14.4 Å². The Morgan fingerprint density at radius 2 is 1.37 bits per heavy atom. The zero-order chi connectivity index (χ0) is 28.1. The molecule has 3 aromatic rings. The van der Waals surface area contributed by atoms with Gasteiger partial charge in [0.1, 0.15) is 28.1 Å². The summed E-state index contributed by atoms with van der Waals surface area (Å²) in [6.07, 6.45) is 2.31. The Kier molecular flexibility index (Phi) is 9.08. The van der Waals surface area contributed by atoms with Crippen molar-refractivity contribution in [2.45, 2.75) is 53.4 Å². The first-order valence-corrected chi connectivity index (χ1v) is 12.6. The fraction of sp³-hybridized carbons (Fsp3) is 0.464. The number of amides is 2. The molecular weight excluding hydrogens is 492 g/mol.